The fourth-order valence-electron chi connectivity index (χ4n) is 1.70. The summed E-state index contributed by atoms with van der Waals surface area (Å²) in [4.78, 5) is 26.3. The Morgan fingerprint density at radius 1 is 1.04 bits per heavy atom. The highest BCUT2D eigenvalue weighted by molar-refractivity contribution is 6.61. The van der Waals surface area contributed by atoms with Gasteiger partial charge in [0.1, 0.15) is 5.75 Å². The zero-order chi connectivity index (χ0) is 18.0. The molecule has 0 aliphatic rings. The summed E-state index contributed by atoms with van der Waals surface area (Å²) < 4.78 is 25.3. The predicted octanol–water partition coefficient (Wildman–Crippen LogP) is 0.684. The van der Waals surface area contributed by atoms with Gasteiger partial charge in [-0.15, -0.1) is 0 Å². The number of nitrogens with zero attached hydrogens (tertiary/aromatic N) is 2. The Balaban J connectivity index is 2.61. The van der Waals surface area contributed by atoms with Crippen molar-refractivity contribution in [1.82, 2.24) is 0 Å². The van der Waals surface area contributed by atoms with Crippen molar-refractivity contribution in [3.63, 3.8) is 0 Å². The van der Waals surface area contributed by atoms with Crippen molar-refractivity contribution in [3.05, 3.63) is 35.9 Å². The number of benzene rings is 1. The first-order valence-corrected chi connectivity index (χ1v) is 8.77. The first-order valence-electron chi connectivity index (χ1n) is 6.83. The van der Waals surface area contributed by atoms with E-state index in [9.17, 15) is 9.59 Å². The van der Waals surface area contributed by atoms with Gasteiger partial charge in [0.25, 0.3) is 0 Å². The van der Waals surface area contributed by atoms with Gasteiger partial charge in [-0.25, -0.2) is 9.59 Å². The standard InChI is InChI=1S/C14H18N2O7Si/c1-19-24(20-2,21-3)10-9-22-13(17)12(16-15)14(18)23-11-7-5-4-6-8-11/h4-8H,9-10H2,1-3H3. The largest absolute Gasteiger partial charge is 0.503 e. The molecule has 9 nitrogen and oxygen atoms in total. The van der Waals surface area contributed by atoms with Crippen LogP contribution in [0.1, 0.15) is 0 Å². The molecule has 1 rings (SSSR count). The Hall–Kier alpha value is -2.36. The number of esters is 2. The van der Waals surface area contributed by atoms with E-state index in [1.807, 2.05) is 0 Å². The zero-order valence-corrected chi connectivity index (χ0v) is 14.6. The van der Waals surface area contributed by atoms with Crippen LogP contribution in [0.5, 0.6) is 5.75 Å². The van der Waals surface area contributed by atoms with E-state index in [-0.39, 0.29) is 18.4 Å². The Bertz CT molecular complexity index is 605. The van der Waals surface area contributed by atoms with Gasteiger partial charge in [-0.3, -0.25) is 0 Å². The van der Waals surface area contributed by atoms with Crippen molar-refractivity contribution in [2.45, 2.75) is 6.04 Å². The maximum absolute atomic E-state index is 11.8. The van der Waals surface area contributed by atoms with Crippen LogP contribution in [0.15, 0.2) is 30.3 Å². The molecule has 0 N–H and O–H groups in total. The first-order chi connectivity index (χ1) is 11.5. The predicted molar refractivity (Wildman–Crippen MR) is 83.3 cm³/mol. The maximum atomic E-state index is 11.8. The van der Waals surface area contributed by atoms with Crippen molar-refractivity contribution in [1.29, 1.82) is 0 Å². The van der Waals surface area contributed by atoms with Crippen molar-refractivity contribution in [3.8, 4) is 5.75 Å². The summed E-state index contributed by atoms with van der Waals surface area (Å²) in [6, 6.07) is 8.18. The molecule has 10 heteroatoms. The molecular formula is C14H18N2O7Si. The molecule has 0 radical (unpaired) electrons. The van der Waals surface area contributed by atoms with Gasteiger partial charge in [-0.05, 0) is 12.1 Å². The summed E-state index contributed by atoms with van der Waals surface area (Å²) in [5, 5.41) is 0. The molecule has 0 fully saturated rings. The Labute approximate surface area is 140 Å². The van der Waals surface area contributed by atoms with Crippen LogP contribution < -0.4 is 4.74 Å². The van der Waals surface area contributed by atoms with E-state index in [2.05, 4.69) is 4.79 Å². The van der Waals surface area contributed by atoms with Crippen LogP contribution in [-0.4, -0.2) is 59.2 Å². The number of carbonyl (C=O) groups excluding carboxylic acids is 2. The molecule has 0 atom stereocenters. The fourth-order valence-corrected chi connectivity index (χ4v) is 3.17. The van der Waals surface area contributed by atoms with Gasteiger partial charge in [-0.2, -0.15) is 4.79 Å². The lowest BCUT2D eigenvalue weighted by Crippen LogP contribution is -2.44. The lowest BCUT2D eigenvalue weighted by molar-refractivity contribution is -0.145. The summed E-state index contributed by atoms with van der Waals surface area (Å²) in [5.41, 5.74) is 7.99. The zero-order valence-electron chi connectivity index (χ0n) is 13.6. The van der Waals surface area contributed by atoms with Crippen LogP contribution in [0.4, 0.5) is 0 Å². The van der Waals surface area contributed by atoms with Gasteiger partial charge in [0.15, 0.2) is 0 Å². The average Bonchev–Trinajstić information content (AvgIpc) is 2.60. The van der Waals surface area contributed by atoms with Gasteiger partial charge in [0.2, 0.25) is 0 Å². The number of hydrogen-bond acceptors (Lipinski definition) is 7. The number of para-hydroxylation sites is 1. The lowest BCUT2D eigenvalue weighted by atomic mass is 10.3. The second-order valence-corrected chi connectivity index (χ2v) is 7.42. The van der Waals surface area contributed by atoms with Gasteiger partial charge in [-0.1, -0.05) is 18.2 Å². The van der Waals surface area contributed by atoms with Gasteiger partial charge in [0.05, 0.1) is 12.7 Å². The van der Waals surface area contributed by atoms with E-state index in [1.54, 1.807) is 18.2 Å². The summed E-state index contributed by atoms with van der Waals surface area (Å²) >= 11 is 0. The molecule has 0 saturated carbocycles. The molecule has 0 bridgehead atoms. The molecule has 24 heavy (non-hydrogen) atoms. The molecule has 1 aromatic carbocycles. The molecule has 0 aliphatic heterocycles. The summed E-state index contributed by atoms with van der Waals surface area (Å²) in [6.45, 7) is -0.155. The molecule has 0 spiro atoms. The van der Waals surface area contributed by atoms with Crippen molar-refractivity contribution >= 4 is 26.5 Å². The summed E-state index contributed by atoms with van der Waals surface area (Å²) in [7, 11) is 1.33. The van der Waals surface area contributed by atoms with Crippen LogP contribution in [0.25, 0.3) is 5.53 Å². The Morgan fingerprint density at radius 3 is 2.12 bits per heavy atom. The smallest absolute Gasteiger partial charge is 0.457 e. The molecule has 0 unspecified atom stereocenters. The molecule has 130 valence electrons. The number of rotatable bonds is 9. The number of hydrogen-bond donors (Lipinski definition) is 0. The molecule has 0 aromatic heterocycles. The molecular weight excluding hydrogens is 336 g/mol. The highest BCUT2D eigenvalue weighted by Gasteiger charge is 2.39. The SMILES string of the molecule is CO[Si](CCOC(=O)C(=[N+]=[N-])C(=O)Oc1ccccc1)(OC)OC. The minimum Gasteiger partial charge on any atom is -0.457 e. The van der Waals surface area contributed by atoms with E-state index in [1.165, 1.54) is 33.5 Å². The molecule has 0 heterocycles. The van der Waals surface area contributed by atoms with Gasteiger partial charge in [0, 0.05) is 21.3 Å². The quantitative estimate of drug-likeness (QED) is 0.122. The highest BCUT2D eigenvalue weighted by atomic mass is 28.4. The van der Waals surface area contributed by atoms with Crippen molar-refractivity contribution in [2.24, 2.45) is 0 Å². The minimum absolute atomic E-state index is 0.155. The summed E-state index contributed by atoms with van der Waals surface area (Å²) in [5.74, 6) is -2.08. The second-order valence-electron chi connectivity index (χ2n) is 4.33. The van der Waals surface area contributed by atoms with Gasteiger partial charge >= 0.3 is 26.5 Å². The number of ether oxygens (including phenoxy) is 2. The minimum atomic E-state index is -2.91. The van der Waals surface area contributed by atoms with E-state index in [0.29, 0.717) is 0 Å². The van der Waals surface area contributed by atoms with Crippen LogP contribution in [0.2, 0.25) is 6.04 Å². The third kappa shape index (κ3) is 5.37. The Morgan fingerprint density at radius 2 is 1.62 bits per heavy atom. The van der Waals surface area contributed by atoms with E-state index in [0.717, 1.165) is 0 Å². The summed E-state index contributed by atoms with van der Waals surface area (Å²) in [6.07, 6.45) is 0. The lowest BCUT2D eigenvalue weighted by Gasteiger charge is -2.23. The molecule has 0 aliphatic carbocycles. The highest BCUT2D eigenvalue weighted by Crippen LogP contribution is 2.12. The third-order valence-electron chi connectivity index (χ3n) is 3.01. The monoisotopic (exact) mass is 354 g/mol. The van der Waals surface area contributed by atoms with Crippen LogP contribution in [-0.2, 0) is 27.6 Å². The molecule has 0 amide bonds. The topological polar surface area (TPSA) is 117 Å². The van der Waals surface area contributed by atoms with Crippen LogP contribution in [0, 0.1) is 0 Å². The van der Waals surface area contributed by atoms with Crippen LogP contribution >= 0.6 is 0 Å². The van der Waals surface area contributed by atoms with E-state index < -0.39 is 26.5 Å². The van der Waals surface area contributed by atoms with Crippen molar-refractivity contribution in [2.75, 3.05) is 27.9 Å². The van der Waals surface area contributed by atoms with Crippen LogP contribution in [0.3, 0.4) is 0 Å². The Kier molecular flexibility index (Phi) is 7.96. The second kappa shape index (κ2) is 9.70. The van der Waals surface area contributed by atoms with E-state index in [4.69, 9.17) is 28.3 Å². The van der Waals surface area contributed by atoms with Crippen molar-refractivity contribution < 1.29 is 37.1 Å². The normalized spacial score (nSPS) is 10.6. The number of carbonyl (C=O) groups is 2. The van der Waals surface area contributed by atoms with Gasteiger partial charge < -0.3 is 28.3 Å². The maximum Gasteiger partial charge on any atom is 0.503 e. The molecule has 1 aromatic rings. The molecule has 0 saturated heterocycles. The van der Waals surface area contributed by atoms with E-state index >= 15 is 0 Å². The average molecular weight is 354 g/mol. The first kappa shape index (κ1) is 19.7. The third-order valence-corrected chi connectivity index (χ3v) is 5.70. The fraction of sp³-hybridized carbons (Fsp3) is 0.357.